The molecule has 4 aromatic rings. The summed E-state index contributed by atoms with van der Waals surface area (Å²) in [5.41, 5.74) is 1.15. The summed E-state index contributed by atoms with van der Waals surface area (Å²) >= 11 is 0. The number of hydrogen-bond acceptors (Lipinski definition) is 6. The number of fused-ring (bicyclic) bond motifs is 2. The van der Waals surface area contributed by atoms with E-state index in [0.717, 1.165) is 10.2 Å². The molecule has 0 N–H and O–H groups in total. The Morgan fingerprint density at radius 1 is 1.07 bits per heavy atom. The van der Waals surface area contributed by atoms with E-state index in [0.29, 0.717) is 27.3 Å². The normalized spacial score (nSPS) is 11.1. The molecule has 7 nitrogen and oxygen atoms in total. The van der Waals surface area contributed by atoms with Crippen LogP contribution in [0.3, 0.4) is 0 Å². The van der Waals surface area contributed by atoms with Crippen molar-refractivity contribution >= 4 is 27.7 Å². The molecule has 0 saturated heterocycles. The summed E-state index contributed by atoms with van der Waals surface area (Å²) in [5, 5.41) is 5.55. The Labute approximate surface area is 158 Å². The molecule has 140 valence electrons. The van der Waals surface area contributed by atoms with Crippen molar-refractivity contribution in [2.24, 2.45) is 7.05 Å². The SMILES string of the molecule is Cc1ccc2c(COC(=O)c3nn(C)c(=O)c4ccccc34)cc(=O)oc2c1. The van der Waals surface area contributed by atoms with Gasteiger partial charge in [-0.3, -0.25) is 4.79 Å². The van der Waals surface area contributed by atoms with Crippen molar-refractivity contribution < 1.29 is 13.9 Å². The molecule has 0 fully saturated rings. The molecule has 0 aliphatic heterocycles. The van der Waals surface area contributed by atoms with Gasteiger partial charge in [0.2, 0.25) is 0 Å². The smallest absolute Gasteiger partial charge is 0.359 e. The molecule has 0 spiro atoms. The lowest BCUT2D eigenvalue weighted by molar-refractivity contribution is 0.0466. The summed E-state index contributed by atoms with van der Waals surface area (Å²) in [6.45, 7) is 1.77. The van der Waals surface area contributed by atoms with Crippen LogP contribution in [0.1, 0.15) is 21.6 Å². The van der Waals surface area contributed by atoms with Crippen LogP contribution < -0.4 is 11.2 Å². The Morgan fingerprint density at radius 2 is 1.82 bits per heavy atom. The standard InChI is InChI=1S/C21H16N2O5/c1-12-7-8-14-13(10-18(24)28-17(14)9-12)11-27-21(26)19-15-5-3-4-6-16(15)20(25)23(2)22-19/h3-10H,11H2,1-2H3. The Morgan fingerprint density at radius 3 is 2.61 bits per heavy atom. The molecule has 0 bridgehead atoms. The molecular formula is C21H16N2O5. The highest BCUT2D eigenvalue weighted by Crippen LogP contribution is 2.20. The average Bonchev–Trinajstić information content (AvgIpc) is 2.68. The summed E-state index contributed by atoms with van der Waals surface area (Å²) in [6, 6.07) is 13.5. The quantitative estimate of drug-likeness (QED) is 0.403. The molecule has 0 aliphatic rings. The predicted molar refractivity (Wildman–Crippen MR) is 103 cm³/mol. The number of hydrogen-bond donors (Lipinski definition) is 0. The molecule has 0 atom stereocenters. The van der Waals surface area contributed by atoms with Crippen LogP contribution in [-0.4, -0.2) is 15.7 Å². The van der Waals surface area contributed by atoms with Crippen molar-refractivity contribution in [3.05, 3.63) is 86.1 Å². The van der Waals surface area contributed by atoms with Crippen molar-refractivity contribution in [2.75, 3.05) is 0 Å². The number of carbonyl (C=O) groups excluding carboxylic acids is 1. The first-order valence-electron chi connectivity index (χ1n) is 8.60. The van der Waals surface area contributed by atoms with E-state index in [1.54, 1.807) is 30.3 Å². The van der Waals surface area contributed by atoms with Crippen LogP contribution in [-0.2, 0) is 18.4 Å². The number of rotatable bonds is 3. The molecule has 0 radical (unpaired) electrons. The summed E-state index contributed by atoms with van der Waals surface area (Å²) in [5.74, 6) is -0.680. The second kappa shape index (κ2) is 6.77. The minimum Gasteiger partial charge on any atom is -0.456 e. The molecule has 0 amide bonds. The van der Waals surface area contributed by atoms with Gasteiger partial charge in [-0.2, -0.15) is 5.10 Å². The zero-order chi connectivity index (χ0) is 19.8. The number of nitrogens with zero attached hydrogens (tertiary/aromatic N) is 2. The zero-order valence-electron chi connectivity index (χ0n) is 15.3. The number of ether oxygens (including phenoxy) is 1. The largest absolute Gasteiger partial charge is 0.456 e. The third kappa shape index (κ3) is 3.07. The van der Waals surface area contributed by atoms with Crippen molar-refractivity contribution in [2.45, 2.75) is 13.5 Å². The van der Waals surface area contributed by atoms with E-state index in [-0.39, 0.29) is 17.9 Å². The molecule has 28 heavy (non-hydrogen) atoms. The van der Waals surface area contributed by atoms with Crippen LogP contribution in [0.15, 0.2) is 62.5 Å². The highest BCUT2D eigenvalue weighted by Gasteiger charge is 2.18. The van der Waals surface area contributed by atoms with E-state index < -0.39 is 11.6 Å². The highest BCUT2D eigenvalue weighted by molar-refractivity contribution is 6.02. The van der Waals surface area contributed by atoms with Crippen LogP contribution in [0.2, 0.25) is 0 Å². The van der Waals surface area contributed by atoms with Crippen molar-refractivity contribution in [1.29, 1.82) is 0 Å². The maximum atomic E-state index is 12.7. The fraction of sp³-hybridized carbons (Fsp3) is 0.143. The Hall–Kier alpha value is -3.74. The van der Waals surface area contributed by atoms with Gasteiger partial charge in [-0.25, -0.2) is 14.3 Å². The lowest BCUT2D eigenvalue weighted by Gasteiger charge is -2.09. The number of esters is 1. The van der Waals surface area contributed by atoms with Crippen molar-refractivity contribution in [3.63, 3.8) is 0 Å². The maximum Gasteiger partial charge on any atom is 0.359 e. The summed E-state index contributed by atoms with van der Waals surface area (Å²) in [7, 11) is 1.48. The van der Waals surface area contributed by atoms with Crippen LogP contribution >= 0.6 is 0 Å². The third-order valence-corrected chi connectivity index (χ3v) is 4.49. The molecule has 2 aromatic heterocycles. The van der Waals surface area contributed by atoms with E-state index in [9.17, 15) is 14.4 Å². The maximum absolute atomic E-state index is 12.7. The minimum atomic E-state index is -0.680. The first-order chi connectivity index (χ1) is 13.4. The molecule has 4 rings (SSSR count). The van der Waals surface area contributed by atoms with E-state index in [2.05, 4.69) is 5.10 Å². The van der Waals surface area contributed by atoms with Gasteiger partial charge in [-0.1, -0.05) is 30.3 Å². The van der Waals surface area contributed by atoms with Gasteiger partial charge in [0.05, 0.1) is 5.39 Å². The van der Waals surface area contributed by atoms with Crippen LogP contribution in [0.4, 0.5) is 0 Å². The van der Waals surface area contributed by atoms with Gasteiger partial charge in [0.1, 0.15) is 12.2 Å². The first kappa shape index (κ1) is 17.7. The Kier molecular flexibility index (Phi) is 4.27. The third-order valence-electron chi connectivity index (χ3n) is 4.49. The highest BCUT2D eigenvalue weighted by atomic mass is 16.5. The number of aryl methyl sites for hydroxylation is 2. The van der Waals surface area contributed by atoms with Gasteiger partial charge in [0.25, 0.3) is 5.56 Å². The number of benzene rings is 2. The molecule has 0 unspecified atom stereocenters. The molecule has 2 aromatic carbocycles. The molecule has 7 heteroatoms. The van der Waals surface area contributed by atoms with Crippen molar-refractivity contribution in [3.8, 4) is 0 Å². The van der Waals surface area contributed by atoms with E-state index in [1.807, 2.05) is 19.1 Å². The lowest BCUT2D eigenvalue weighted by atomic mass is 10.1. The molecule has 2 heterocycles. The van der Waals surface area contributed by atoms with Gasteiger partial charge in [0, 0.05) is 29.4 Å². The van der Waals surface area contributed by atoms with E-state index in [4.69, 9.17) is 9.15 Å². The second-order valence-corrected chi connectivity index (χ2v) is 6.49. The van der Waals surface area contributed by atoms with Gasteiger partial charge < -0.3 is 9.15 Å². The average molecular weight is 376 g/mol. The topological polar surface area (TPSA) is 91.4 Å². The first-order valence-corrected chi connectivity index (χ1v) is 8.60. The van der Waals surface area contributed by atoms with Gasteiger partial charge in [-0.05, 0) is 24.6 Å². The Bertz CT molecular complexity index is 1350. The Balaban J connectivity index is 1.71. The van der Waals surface area contributed by atoms with Gasteiger partial charge in [0.15, 0.2) is 5.69 Å². The number of carbonyl (C=O) groups is 1. The minimum absolute atomic E-state index is 0.0424. The van der Waals surface area contributed by atoms with Crippen LogP contribution in [0.25, 0.3) is 21.7 Å². The van der Waals surface area contributed by atoms with E-state index >= 15 is 0 Å². The van der Waals surface area contributed by atoms with Crippen molar-refractivity contribution in [1.82, 2.24) is 9.78 Å². The van der Waals surface area contributed by atoms with E-state index in [1.165, 1.54) is 13.1 Å². The summed E-state index contributed by atoms with van der Waals surface area (Å²) in [6.07, 6.45) is 0. The molecular weight excluding hydrogens is 360 g/mol. The number of aromatic nitrogens is 2. The van der Waals surface area contributed by atoms with Crippen LogP contribution in [0, 0.1) is 6.92 Å². The van der Waals surface area contributed by atoms with Gasteiger partial charge >= 0.3 is 11.6 Å². The fourth-order valence-corrected chi connectivity index (χ4v) is 3.12. The van der Waals surface area contributed by atoms with Crippen LogP contribution in [0.5, 0.6) is 0 Å². The molecule has 0 saturated carbocycles. The summed E-state index contributed by atoms with van der Waals surface area (Å²) in [4.78, 5) is 36.7. The second-order valence-electron chi connectivity index (χ2n) is 6.49. The zero-order valence-corrected chi connectivity index (χ0v) is 15.3. The van der Waals surface area contributed by atoms with Gasteiger partial charge in [-0.15, -0.1) is 0 Å². The molecule has 0 aliphatic carbocycles. The monoisotopic (exact) mass is 376 g/mol. The summed E-state index contributed by atoms with van der Waals surface area (Å²) < 4.78 is 11.7. The lowest BCUT2D eigenvalue weighted by Crippen LogP contribution is -2.23. The predicted octanol–water partition coefficient (Wildman–Crippen LogP) is 2.71. The fourth-order valence-electron chi connectivity index (χ4n) is 3.12.